The topological polar surface area (TPSA) is 77.7 Å². The van der Waals surface area contributed by atoms with Crippen LogP contribution >= 0.6 is 11.6 Å². The molecule has 0 spiro atoms. The molecule has 180 valence electrons. The van der Waals surface area contributed by atoms with Gasteiger partial charge in [-0.1, -0.05) is 17.5 Å². The predicted octanol–water partition coefficient (Wildman–Crippen LogP) is 4.22. The highest BCUT2D eigenvalue weighted by Gasteiger charge is 2.74. The monoisotopic (exact) mass is 495 g/mol. The first-order chi connectivity index (χ1) is 16.1. The van der Waals surface area contributed by atoms with Crippen LogP contribution in [0, 0.1) is 12.3 Å². The molecule has 0 N–H and O–H groups in total. The second kappa shape index (κ2) is 8.17. The normalized spacial score (nSPS) is 29.3. The van der Waals surface area contributed by atoms with Crippen molar-refractivity contribution in [3.8, 4) is 18.1 Å². The summed E-state index contributed by atoms with van der Waals surface area (Å²) in [5.74, 6) is 3.44. The average molecular weight is 496 g/mol. The summed E-state index contributed by atoms with van der Waals surface area (Å²) in [5, 5.41) is 8.78. The van der Waals surface area contributed by atoms with Crippen molar-refractivity contribution in [1.82, 2.24) is 15.1 Å². The zero-order valence-corrected chi connectivity index (χ0v) is 18.7. The molecule has 0 radical (unpaired) electrons. The zero-order chi connectivity index (χ0) is 24.1. The van der Waals surface area contributed by atoms with Crippen molar-refractivity contribution in [2.75, 3.05) is 13.2 Å². The van der Waals surface area contributed by atoms with Crippen LogP contribution in [0.5, 0.6) is 5.75 Å². The summed E-state index contributed by atoms with van der Waals surface area (Å²) < 4.78 is 52.4. The number of amides is 1. The number of carbonyl (C=O) groups excluding carboxylic acids is 1. The average Bonchev–Trinajstić information content (AvgIpc) is 3.15. The van der Waals surface area contributed by atoms with Gasteiger partial charge in [0.25, 0.3) is 5.91 Å². The second-order valence-electron chi connectivity index (χ2n) is 9.26. The molecule has 2 bridgehead atoms. The van der Waals surface area contributed by atoms with E-state index in [1.165, 1.54) is 0 Å². The predicted molar refractivity (Wildman–Crippen MR) is 113 cm³/mol. The van der Waals surface area contributed by atoms with E-state index < -0.39 is 12.5 Å². The highest BCUT2D eigenvalue weighted by molar-refractivity contribution is 6.30. The molecule has 1 amide bonds. The summed E-state index contributed by atoms with van der Waals surface area (Å²) in [7, 11) is 0. The number of carbonyl (C=O) groups is 1. The highest BCUT2D eigenvalue weighted by Crippen LogP contribution is 2.70. The molecule has 0 atom stereocenters. The quantitative estimate of drug-likeness (QED) is 0.510. The van der Waals surface area contributed by atoms with Gasteiger partial charge in [0.15, 0.2) is 6.61 Å². The van der Waals surface area contributed by atoms with Crippen LogP contribution in [0.25, 0.3) is 0 Å². The van der Waals surface area contributed by atoms with Crippen molar-refractivity contribution < 1.29 is 31.9 Å². The molecule has 11 heteroatoms. The molecular formula is C23H21ClF3N3O4. The SMILES string of the molecule is C#CCN(C(=O)COc1ccc(Cl)cc1)C12CC(c3nnc([C@H]4C[C@@H](OC(F)(F)F)C4)o3)(C1)C2. The fourth-order valence-corrected chi connectivity index (χ4v) is 5.41. The third-order valence-corrected chi connectivity index (χ3v) is 7.19. The summed E-state index contributed by atoms with van der Waals surface area (Å²) in [6.45, 7) is 0.0161. The molecule has 6 rings (SSSR count). The number of aromatic nitrogens is 2. The molecule has 1 aromatic heterocycles. The Labute approximate surface area is 198 Å². The molecule has 4 saturated carbocycles. The lowest BCUT2D eigenvalue weighted by Gasteiger charge is -2.71. The number of halogens is 4. The number of hydrogen-bond donors (Lipinski definition) is 0. The first-order valence-electron chi connectivity index (χ1n) is 10.8. The molecule has 4 aliphatic rings. The summed E-state index contributed by atoms with van der Waals surface area (Å²) in [6, 6.07) is 6.72. The van der Waals surface area contributed by atoms with Gasteiger partial charge in [-0.05, 0) is 56.4 Å². The first kappa shape index (κ1) is 23.0. The number of alkyl halides is 3. The summed E-state index contributed by atoms with van der Waals surface area (Å²) in [4.78, 5) is 14.6. The lowest BCUT2D eigenvalue weighted by Crippen LogP contribution is -2.77. The van der Waals surface area contributed by atoms with Crippen LogP contribution in [0.15, 0.2) is 28.7 Å². The Bertz CT molecular complexity index is 1100. The Kier molecular flexibility index (Phi) is 5.52. The standard InChI is InChI=1S/C23H21ClF3N3O4/c1-2-7-30(18(31)10-32-16-5-3-15(24)4-6-16)22-11-21(12-22,13-22)20-29-28-19(33-20)14-8-17(9-14)34-23(25,26)27/h1,3-6,14,17H,7-13H2/t14-,17+,21?,22?. The van der Waals surface area contributed by atoms with Crippen LogP contribution in [0.4, 0.5) is 13.2 Å². The molecule has 0 aliphatic heterocycles. The van der Waals surface area contributed by atoms with E-state index in [-0.39, 0.29) is 48.8 Å². The van der Waals surface area contributed by atoms with Gasteiger partial charge in [-0.3, -0.25) is 9.53 Å². The maximum Gasteiger partial charge on any atom is 0.522 e. The Morgan fingerprint density at radius 1 is 1.24 bits per heavy atom. The minimum absolute atomic E-state index is 0.147. The third-order valence-electron chi connectivity index (χ3n) is 6.94. The fourth-order valence-electron chi connectivity index (χ4n) is 5.28. The number of terminal acetylenes is 1. The van der Waals surface area contributed by atoms with Gasteiger partial charge in [-0.2, -0.15) is 0 Å². The van der Waals surface area contributed by atoms with Crippen molar-refractivity contribution in [3.05, 3.63) is 41.1 Å². The lowest BCUT2D eigenvalue weighted by molar-refractivity contribution is -0.352. The first-order valence-corrected chi connectivity index (χ1v) is 11.2. The van der Waals surface area contributed by atoms with Crippen LogP contribution in [0.1, 0.15) is 49.8 Å². The minimum Gasteiger partial charge on any atom is -0.484 e. The van der Waals surface area contributed by atoms with Gasteiger partial charge in [-0.25, -0.2) is 0 Å². The van der Waals surface area contributed by atoms with E-state index in [2.05, 4.69) is 20.9 Å². The Balaban J connectivity index is 1.16. The van der Waals surface area contributed by atoms with Gasteiger partial charge in [0.05, 0.1) is 18.1 Å². The van der Waals surface area contributed by atoms with E-state index >= 15 is 0 Å². The van der Waals surface area contributed by atoms with E-state index in [1.807, 2.05) is 0 Å². The van der Waals surface area contributed by atoms with Gasteiger partial charge in [0.2, 0.25) is 11.8 Å². The van der Waals surface area contributed by atoms with Crippen LogP contribution in [-0.2, 0) is 14.9 Å². The number of ether oxygens (including phenoxy) is 2. The van der Waals surface area contributed by atoms with E-state index in [1.54, 1.807) is 29.2 Å². The Morgan fingerprint density at radius 3 is 2.53 bits per heavy atom. The summed E-state index contributed by atoms with van der Waals surface area (Å²) in [5.41, 5.74) is -0.690. The van der Waals surface area contributed by atoms with Crippen molar-refractivity contribution in [1.29, 1.82) is 0 Å². The van der Waals surface area contributed by atoms with Crippen LogP contribution < -0.4 is 4.74 Å². The molecular weight excluding hydrogens is 475 g/mol. The molecule has 34 heavy (non-hydrogen) atoms. The van der Waals surface area contributed by atoms with E-state index in [0.717, 1.165) is 0 Å². The minimum atomic E-state index is -4.64. The summed E-state index contributed by atoms with van der Waals surface area (Å²) in [6.07, 6.45) is 2.30. The van der Waals surface area contributed by atoms with Gasteiger partial charge in [0, 0.05) is 16.5 Å². The van der Waals surface area contributed by atoms with Gasteiger partial charge in [-0.15, -0.1) is 29.8 Å². The molecule has 0 unspecified atom stereocenters. The Hall–Kier alpha value is -2.77. The van der Waals surface area contributed by atoms with Crippen molar-refractivity contribution >= 4 is 17.5 Å². The van der Waals surface area contributed by atoms with Crippen LogP contribution in [-0.4, -0.2) is 52.2 Å². The lowest BCUT2D eigenvalue weighted by atomic mass is 9.38. The molecule has 4 aliphatic carbocycles. The van der Waals surface area contributed by atoms with Crippen LogP contribution in [0.3, 0.4) is 0 Å². The molecule has 4 fully saturated rings. The second-order valence-corrected chi connectivity index (χ2v) is 9.70. The third kappa shape index (κ3) is 4.12. The van der Waals surface area contributed by atoms with E-state index in [4.69, 9.17) is 27.2 Å². The number of benzene rings is 1. The van der Waals surface area contributed by atoms with Gasteiger partial charge in [0.1, 0.15) is 5.75 Å². The van der Waals surface area contributed by atoms with Crippen molar-refractivity contribution in [2.45, 2.75) is 61.4 Å². The zero-order valence-electron chi connectivity index (χ0n) is 18.0. The smallest absolute Gasteiger partial charge is 0.484 e. The number of nitrogens with zero attached hydrogens (tertiary/aromatic N) is 3. The Morgan fingerprint density at radius 2 is 1.91 bits per heavy atom. The van der Waals surface area contributed by atoms with E-state index in [9.17, 15) is 18.0 Å². The molecule has 1 heterocycles. The van der Waals surface area contributed by atoms with Crippen LogP contribution in [0.2, 0.25) is 5.02 Å². The van der Waals surface area contributed by atoms with Crippen molar-refractivity contribution in [2.24, 2.45) is 0 Å². The van der Waals surface area contributed by atoms with E-state index in [0.29, 0.717) is 41.8 Å². The van der Waals surface area contributed by atoms with Crippen molar-refractivity contribution in [3.63, 3.8) is 0 Å². The van der Waals surface area contributed by atoms with Gasteiger partial charge < -0.3 is 14.1 Å². The number of rotatable bonds is 8. The highest BCUT2D eigenvalue weighted by atomic mass is 35.5. The number of hydrogen-bond acceptors (Lipinski definition) is 6. The fraction of sp³-hybridized carbons (Fsp3) is 0.522. The molecule has 0 saturated heterocycles. The maximum absolute atomic E-state index is 12.9. The molecule has 2 aromatic rings. The molecule has 1 aromatic carbocycles. The van der Waals surface area contributed by atoms with Gasteiger partial charge >= 0.3 is 6.36 Å². The maximum atomic E-state index is 12.9. The molecule has 7 nitrogen and oxygen atoms in total. The summed E-state index contributed by atoms with van der Waals surface area (Å²) >= 11 is 5.86. The largest absolute Gasteiger partial charge is 0.522 e.